The summed E-state index contributed by atoms with van der Waals surface area (Å²) in [6.45, 7) is 5.11. The highest BCUT2D eigenvalue weighted by molar-refractivity contribution is 5.74. The van der Waals surface area contributed by atoms with Crippen LogP contribution in [0.3, 0.4) is 0 Å². The second-order valence-electron chi connectivity index (χ2n) is 8.52. The van der Waals surface area contributed by atoms with E-state index >= 15 is 0 Å². The molecule has 1 aliphatic rings. The van der Waals surface area contributed by atoms with E-state index in [1.54, 1.807) is 29.7 Å². The van der Waals surface area contributed by atoms with Crippen LogP contribution in [0, 0.1) is 11.6 Å². The lowest BCUT2D eigenvalue weighted by molar-refractivity contribution is -0.129. The van der Waals surface area contributed by atoms with Crippen molar-refractivity contribution in [2.24, 2.45) is 0 Å². The number of nitrogens with one attached hydrogen (secondary N) is 2. The fourth-order valence-corrected chi connectivity index (χ4v) is 4.33. The molecule has 1 amide bonds. The SMILES string of the molecule is O=C(CCCCCCNCN1CCN(C(c2cccc(F)c2)c2cccc(F)c2)CC1)NO. The Labute approximate surface area is 194 Å². The zero-order chi connectivity index (χ0) is 23.5. The first-order chi connectivity index (χ1) is 16.1. The molecule has 1 heterocycles. The highest BCUT2D eigenvalue weighted by atomic mass is 19.1. The van der Waals surface area contributed by atoms with Gasteiger partial charge >= 0.3 is 0 Å². The predicted octanol–water partition coefficient (Wildman–Crippen LogP) is 3.67. The number of halogens is 2. The minimum Gasteiger partial charge on any atom is -0.304 e. The highest BCUT2D eigenvalue weighted by Gasteiger charge is 2.26. The first-order valence-corrected chi connectivity index (χ1v) is 11.7. The maximum absolute atomic E-state index is 13.9. The van der Waals surface area contributed by atoms with Crippen LogP contribution in [0.15, 0.2) is 48.5 Å². The summed E-state index contributed by atoms with van der Waals surface area (Å²) in [6.07, 6.45) is 4.20. The van der Waals surface area contributed by atoms with Crippen LogP contribution < -0.4 is 10.8 Å². The Morgan fingerprint density at radius 3 is 2.09 bits per heavy atom. The smallest absolute Gasteiger partial charge is 0.243 e. The minimum absolute atomic E-state index is 0.181. The monoisotopic (exact) mass is 460 g/mol. The van der Waals surface area contributed by atoms with E-state index in [-0.39, 0.29) is 23.6 Å². The summed E-state index contributed by atoms with van der Waals surface area (Å²) in [5.41, 5.74) is 3.33. The molecule has 0 aliphatic carbocycles. The number of benzene rings is 2. The third-order valence-corrected chi connectivity index (χ3v) is 6.07. The molecular formula is C25H34F2N4O2. The van der Waals surface area contributed by atoms with E-state index in [2.05, 4.69) is 15.1 Å². The predicted molar refractivity (Wildman–Crippen MR) is 124 cm³/mol. The number of piperazine rings is 1. The first-order valence-electron chi connectivity index (χ1n) is 11.7. The third-order valence-electron chi connectivity index (χ3n) is 6.07. The van der Waals surface area contributed by atoms with Crippen molar-refractivity contribution in [3.63, 3.8) is 0 Å². The average molecular weight is 461 g/mol. The van der Waals surface area contributed by atoms with E-state index in [0.29, 0.717) is 6.42 Å². The maximum atomic E-state index is 13.9. The van der Waals surface area contributed by atoms with E-state index in [9.17, 15) is 13.6 Å². The van der Waals surface area contributed by atoms with Crippen molar-refractivity contribution in [3.05, 3.63) is 71.3 Å². The van der Waals surface area contributed by atoms with E-state index in [0.717, 1.165) is 76.2 Å². The van der Waals surface area contributed by atoms with Gasteiger partial charge in [0.05, 0.1) is 6.04 Å². The first kappa shape index (κ1) is 25.2. The molecule has 1 saturated heterocycles. The Balaban J connectivity index is 1.44. The summed E-state index contributed by atoms with van der Waals surface area (Å²) < 4.78 is 27.9. The van der Waals surface area contributed by atoms with Gasteiger partial charge in [0.15, 0.2) is 0 Å². The number of rotatable bonds is 12. The minimum atomic E-state index is -0.329. The van der Waals surface area contributed by atoms with Crippen LogP contribution >= 0.6 is 0 Å². The van der Waals surface area contributed by atoms with Crippen LogP contribution in [0.1, 0.15) is 49.3 Å². The van der Waals surface area contributed by atoms with Crippen LogP contribution in [0.4, 0.5) is 8.78 Å². The van der Waals surface area contributed by atoms with Gasteiger partial charge in [0.1, 0.15) is 11.6 Å². The van der Waals surface area contributed by atoms with Crippen molar-refractivity contribution in [2.75, 3.05) is 39.4 Å². The van der Waals surface area contributed by atoms with Crippen molar-refractivity contribution in [3.8, 4) is 0 Å². The van der Waals surface area contributed by atoms with Crippen molar-refractivity contribution >= 4 is 5.91 Å². The van der Waals surface area contributed by atoms with Crippen molar-refractivity contribution in [1.82, 2.24) is 20.6 Å². The van der Waals surface area contributed by atoms with Gasteiger partial charge in [-0.2, -0.15) is 0 Å². The Hall–Kier alpha value is -2.39. The van der Waals surface area contributed by atoms with E-state index in [1.807, 2.05) is 12.1 Å². The van der Waals surface area contributed by atoms with Crippen LogP contribution in [-0.2, 0) is 4.79 Å². The van der Waals surface area contributed by atoms with E-state index in [1.165, 1.54) is 12.1 Å². The van der Waals surface area contributed by atoms with Gasteiger partial charge in [0.2, 0.25) is 5.91 Å². The number of unbranched alkanes of at least 4 members (excludes halogenated alkanes) is 3. The number of hydroxylamine groups is 1. The zero-order valence-corrected chi connectivity index (χ0v) is 19.0. The van der Waals surface area contributed by atoms with Crippen LogP contribution in [0.25, 0.3) is 0 Å². The van der Waals surface area contributed by atoms with Crippen molar-refractivity contribution in [1.29, 1.82) is 0 Å². The van der Waals surface area contributed by atoms with Gasteiger partial charge in [-0.05, 0) is 54.8 Å². The second-order valence-corrected chi connectivity index (χ2v) is 8.52. The lowest BCUT2D eigenvalue weighted by Gasteiger charge is -2.39. The largest absolute Gasteiger partial charge is 0.304 e. The molecule has 0 spiro atoms. The molecule has 2 aromatic carbocycles. The number of amides is 1. The molecule has 2 aromatic rings. The van der Waals surface area contributed by atoms with Crippen LogP contribution in [0.2, 0.25) is 0 Å². The van der Waals surface area contributed by atoms with Crippen molar-refractivity contribution in [2.45, 2.75) is 38.1 Å². The van der Waals surface area contributed by atoms with Gasteiger partial charge in [-0.15, -0.1) is 0 Å². The molecule has 1 fully saturated rings. The molecule has 3 rings (SSSR count). The molecule has 0 atom stereocenters. The molecule has 0 aromatic heterocycles. The second kappa shape index (κ2) is 13.3. The van der Waals surface area contributed by atoms with Gasteiger partial charge in [-0.3, -0.25) is 19.8 Å². The summed E-state index contributed by atoms with van der Waals surface area (Å²) >= 11 is 0. The summed E-state index contributed by atoms with van der Waals surface area (Å²) in [5.74, 6) is -0.897. The quantitative estimate of drug-likeness (QED) is 0.256. The molecule has 0 unspecified atom stereocenters. The molecule has 3 N–H and O–H groups in total. The lowest BCUT2D eigenvalue weighted by Crippen LogP contribution is -2.50. The number of nitrogens with zero attached hydrogens (tertiary/aromatic N) is 2. The molecule has 6 nitrogen and oxygen atoms in total. The standard InChI is InChI=1S/C25H34F2N4O2/c26-22-9-5-7-20(17-22)25(21-8-6-10-23(27)18-21)31-15-13-30(14-16-31)19-28-12-4-2-1-3-11-24(32)29-33/h5-10,17-18,25,28,33H,1-4,11-16,19H2,(H,29,32). The fraction of sp³-hybridized carbons (Fsp3) is 0.480. The molecule has 0 radical (unpaired) electrons. The molecule has 0 bridgehead atoms. The number of carbonyl (C=O) groups excluding carboxylic acids is 1. The molecule has 33 heavy (non-hydrogen) atoms. The molecule has 1 aliphatic heterocycles. The Bertz CT molecular complexity index is 829. The van der Waals surface area contributed by atoms with Gasteiger partial charge < -0.3 is 5.32 Å². The summed E-state index contributed by atoms with van der Waals surface area (Å²) in [5, 5.41) is 11.9. The molecule has 180 valence electrons. The Morgan fingerprint density at radius 2 is 1.52 bits per heavy atom. The number of carbonyl (C=O) groups is 1. The molecule has 0 saturated carbocycles. The number of hydrogen-bond donors (Lipinski definition) is 3. The average Bonchev–Trinajstić information content (AvgIpc) is 2.82. The van der Waals surface area contributed by atoms with E-state index < -0.39 is 0 Å². The molecular weight excluding hydrogens is 426 g/mol. The van der Waals surface area contributed by atoms with E-state index in [4.69, 9.17) is 5.21 Å². The highest BCUT2D eigenvalue weighted by Crippen LogP contribution is 2.30. The summed E-state index contributed by atoms with van der Waals surface area (Å²) in [7, 11) is 0. The van der Waals surface area contributed by atoms with Gasteiger partial charge in [-0.1, -0.05) is 37.1 Å². The molecule has 8 heteroatoms. The van der Waals surface area contributed by atoms with Gasteiger partial charge in [-0.25, -0.2) is 14.3 Å². The Morgan fingerprint density at radius 1 is 0.909 bits per heavy atom. The number of hydrogen-bond acceptors (Lipinski definition) is 5. The Kier molecular flexibility index (Phi) is 10.2. The van der Waals surface area contributed by atoms with Crippen LogP contribution in [0.5, 0.6) is 0 Å². The summed E-state index contributed by atoms with van der Waals surface area (Å²) in [4.78, 5) is 15.6. The zero-order valence-electron chi connectivity index (χ0n) is 19.0. The van der Waals surface area contributed by atoms with Gasteiger partial charge in [0, 0.05) is 39.3 Å². The normalized spacial score (nSPS) is 15.2. The lowest BCUT2D eigenvalue weighted by atomic mass is 9.96. The van der Waals surface area contributed by atoms with Crippen molar-refractivity contribution < 1.29 is 18.8 Å². The topological polar surface area (TPSA) is 67.8 Å². The van der Waals surface area contributed by atoms with Gasteiger partial charge in [0.25, 0.3) is 0 Å². The van der Waals surface area contributed by atoms with Crippen LogP contribution in [-0.4, -0.2) is 60.3 Å². The summed E-state index contributed by atoms with van der Waals surface area (Å²) in [6, 6.07) is 13.0. The maximum Gasteiger partial charge on any atom is 0.243 e. The fourth-order valence-electron chi connectivity index (χ4n) is 4.33. The third kappa shape index (κ3) is 8.16.